The lowest BCUT2D eigenvalue weighted by Crippen LogP contribution is -2.47. The van der Waals surface area contributed by atoms with Crippen molar-refractivity contribution in [2.45, 2.75) is 45.6 Å². The highest BCUT2D eigenvalue weighted by Gasteiger charge is 2.39. The Morgan fingerprint density at radius 1 is 1.50 bits per heavy atom. The number of carbonyl (C=O) groups excluding carboxylic acids is 1. The molecule has 1 unspecified atom stereocenters. The summed E-state index contributed by atoms with van der Waals surface area (Å²) in [5, 5.41) is 14.0. The van der Waals surface area contributed by atoms with E-state index in [9.17, 15) is 4.79 Å². The summed E-state index contributed by atoms with van der Waals surface area (Å²) in [7, 11) is 1.69. The highest BCUT2D eigenvalue weighted by molar-refractivity contribution is 5.83. The Hall–Kier alpha value is -1.50. The summed E-state index contributed by atoms with van der Waals surface area (Å²) in [6.07, 6.45) is 2.09. The molecule has 1 saturated heterocycles. The summed E-state index contributed by atoms with van der Waals surface area (Å²) < 4.78 is 5.38. The quantitative estimate of drug-likeness (QED) is 0.892. The number of methoxy groups -OCH3 is 1. The molecule has 0 bridgehead atoms. The van der Waals surface area contributed by atoms with E-state index in [1.54, 1.807) is 7.11 Å². The third-order valence-corrected chi connectivity index (χ3v) is 3.76. The van der Waals surface area contributed by atoms with E-state index >= 15 is 0 Å². The van der Waals surface area contributed by atoms with Crippen molar-refractivity contribution in [2.24, 2.45) is 5.41 Å². The van der Waals surface area contributed by atoms with Crippen molar-refractivity contribution in [3.63, 3.8) is 0 Å². The van der Waals surface area contributed by atoms with E-state index in [-0.39, 0.29) is 17.4 Å². The van der Waals surface area contributed by atoms with Crippen molar-refractivity contribution >= 4 is 5.91 Å². The summed E-state index contributed by atoms with van der Waals surface area (Å²) >= 11 is 0. The highest BCUT2D eigenvalue weighted by atomic mass is 16.5. The molecule has 1 aromatic heterocycles. The van der Waals surface area contributed by atoms with Crippen LogP contribution in [0.5, 0.6) is 0 Å². The molecule has 1 amide bonds. The Morgan fingerprint density at radius 2 is 2.25 bits per heavy atom. The Balaban J connectivity index is 2.19. The standard InChI is InChI=1S/C13H23N5O2/c1-13(2,3)10(11-14-16-17-15-11)12(19)18-7-5-6-9(8-18)20-4/h9-10H,5-8H2,1-4H3,(H,14,15,16,17)/t9-,10?/m1/s1. The zero-order valence-corrected chi connectivity index (χ0v) is 12.6. The maximum Gasteiger partial charge on any atom is 0.234 e. The summed E-state index contributed by atoms with van der Waals surface area (Å²) in [4.78, 5) is 14.7. The van der Waals surface area contributed by atoms with Crippen LogP contribution < -0.4 is 0 Å². The van der Waals surface area contributed by atoms with Crippen molar-refractivity contribution in [1.82, 2.24) is 25.5 Å². The number of piperidine rings is 1. The van der Waals surface area contributed by atoms with Gasteiger partial charge in [0.15, 0.2) is 5.82 Å². The van der Waals surface area contributed by atoms with Crippen LogP contribution in [0.1, 0.15) is 45.4 Å². The molecule has 1 fully saturated rings. The molecule has 2 atom stereocenters. The van der Waals surface area contributed by atoms with Gasteiger partial charge in [0, 0.05) is 20.2 Å². The average molecular weight is 281 g/mol. The van der Waals surface area contributed by atoms with Crippen molar-refractivity contribution in [1.29, 1.82) is 0 Å². The van der Waals surface area contributed by atoms with Crippen LogP contribution in [0.3, 0.4) is 0 Å². The Bertz CT molecular complexity index is 440. The minimum absolute atomic E-state index is 0.0562. The Labute approximate surface area is 119 Å². The SMILES string of the molecule is CO[C@@H]1CCCN(C(=O)C(c2nn[nH]n2)C(C)(C)C)C1. The number of carbonyl (C=O) groups is 1. The number of aromatic nitrogens is 4. The molecule has 0 spiro atoms. The van der Waals surface area contributed by atoms with Crippen LogP contribution in [0.4, 0.5) is 0 Å². The first-order valence-electron chi connectivity index (χ1n) is 6.98. The number of rotatable bonds is 3. The normalized spacial score (nSPS) is 21.8. The van der Waals surface area contributed by atoms with Gasteiger partial charge in [-0.3, -0.25) is 4.79 Å². The molecule has 1 aromatic rings. The van der Waals surface area contributed by atoms with Gasteiger partial charge in [0.2, 0.25) is 5.91 Å². The fourth-order valence-electron chi connectivity index (χ4n) is 2.67. The number of H-pyrrole nitrogens is 1. The van der Waals surface area contributed by atoms with Gasteiger partial charge in [0.05, 0.1) is 6.10 Å². The molecule has 2 rings (SSSR count). The number of amides is 1. The van der Waals surface area contributed by atoms with E-state index in [0.717, 1.165) is 19.4 Å². The second-order valence-electron chi connectivity index (χ2n) is 6.35. The fraction of sp³-hybridized carbons (Fsp3) is 0.846. The summed E-state index contributed by atoms with van der Waals surface area (Å²) in [5.41, 5.74) is -0.263. The molecule has 7 nitrogen and oxygen atoms in total. The van der Waals surface area contributed by atoms with Crippen molar-refractivity contribution in [3.8, 4) is 0 Å². The third-order valence-electron chi connectivity index (χ3n) is 3.76. The maximum atomic E-state index is 12.9. The van der Waals surface area contributed by atoms with Gasteiger partial charge < -0.3 is 9.64 Å². The van der Waals surface area contributed by atoms with E-state index < -0.39 is 5.92 Å². The maximum absolute atomic E-state index is 12.9. The van der Waals surface area contributed by atoms with Gasteiger partial charge in [-0.05, 0) is 18.3 Å². The third kappa shape index (κ3) is 3.15. The number of aromatic amines is 1. The van der Waals surface area contributed by atoms with E-state index in [1.807, 2.05) is 25.7 Å². The number of tetrazole rings is 1. The summed E-state index contributed by atoms with van der Waals surface area (Å²) in [6.45, 7) is 7.46. The molecule has 0 radical (unpaired) electrons. The van der Waals surface area contributed by atoms with Crippen molar-refractivity contribution in [3.05, 3.63) is 5.82 Å². The topological polar surface area (TPSA) is 84.0 Å². The van der Waals surface area contributed by atoms with Crippen LogP contribution in [0.15, 0.2) is 0 Å². The zero-order valence-electron chi connectivity index (χ0n) is 12.6. The lowest BCUT2D eigenvalue weighted by molar-refractivity contribution is -0.139. The lowest BCUT2D eigenvalue weighted by atomic mass is 9.79. The van der Waals surface area contributed by atoms with Gasteiger partial charge in [-0.2, -0.15) is 5.21 Å². The van der Waals surface area contributed by atoms with Gasteiger partial charge in [-0.25, -0.2) is 0 Å². The first-order valence-corrected chi connectivity index (χ1v) is 6.98. The smallest absolute Gasteiger partial charge is 0.234 e. The van der Waals surface area contributed by atoms with Gasteiger partial charge in [-0.1, -0.05) is 26.0 Å². The average Bonchev–Trinajstić information content (AvgIpc) is 2.91. The number of nitrogens with one attached hydrogen (secondary N) is 1. The second-order valence-corrected chi connectivity index (χ2v) is 6.35. The first kappa shape index (κ1) is 14.9. The van der Waals surface area contributed by atoms with Gasteiger partial charge in [0.1, 0.15) is 5.92 Å². The number of nitrogens with zero attached hydrogens (tertiary/aromatic N) is 4. The molecule has 0 aromatic carbocycles. The molecule has 1 N–H and O–H groups in total. The first-order chi connectivity index (χ1) is 9.43. The number of hydrogen-bond donors (Lipinski definition) is 1. The molecule has 112 valence electrons. The molecule has 1 aliphatic rings. The van der Waals surface area contributed by atoms with Gasteiger partial charge in [0.25, 0.3) is 0 Å². The van der Waals surface area contributed by atoms with Crippen LogP contribution in [-0.4, -0.2) is 57.7 Å². The molecular formula is C13H23N5O2. The van der Waals surface area contributed by atoms with Crippen molar-refractivity contribution in [2.75, 3.05) is 20.2 Å². The largest absolute Gasteiger partial charge is 0.380 e. The molecule has 0 aliphatic carbocycles. The minimum Gasteiger partial charge on any atom is -0.380 e. The predicted octanol–water partition coefficient (Wildman–Crippen LogP) is 0.967. The minimum atomic E-state index is -0.392. The number of ether oxygens (including phenoxy) is 1. The lowest BCUT2D eigenvalue weighted by Gasteiger charge is -2.37. The van der Waals surface area contributed by atoms with E-state index in [1.165, 1.54) is 0 Å². The van der Waals surface area contributed by atoms with E-state index in [2.05, 4.69) is 20.6 Å². The van der Waals surface area contributed by atoms with E-state index in [4.69, 9.17) is 4.74 Å². The molecule has 2 heterocycles. The van der Waals surface area contributed by atoms with E-state index in [0.29, 0.717) is 12.4 Å². The monoisotopic (exact) mass is 281 g/mol. The van der Waals surface area contributed by atoms with Crippen LogP contribution >= 0.6 is 0 Å². The number of hydrogen-bond acceptors (Lipinski definition) is 5. The van der Waals surface area contributed by atoms with Gasteiger partial charge >= 0.3 is 0 Å². The van der Waals surface area contributed by atoms with Crippen LogP contribution in [0, 0.1) is 5.41 Å². The predicted molar refractivity (Wildman–Crippen MR) is 73.0 cm³/mol. The highest BCUT2D eigenvalue weighted by Crippen LogP contribution is 2.35. The molecule has 20 heavy (non-hydrogen) atoms. The zero-order chi connectivity index (χ0) is 14.8. The second kappa shape index (κ2) is 5.87. The van der Waals surface area contributed by atoms with Crippen LogP contribution in [0.25, 0.3) is 0 Å². The van der Waals surface area contributed by atoms with Crippen LogP contribution in [-0.2, 0) is 9.53 Å². The van der Waals surface area contributed by atoms with Gasteiger partial charge in [-0.15, -0.1) is 10.2 Å². The Kier molecular flexibility index (Phi) is 4.37. The molecule has 1 aliphatic heterocycles. The van der Waals surface area contributed by atoms with Crippen molar-refractivity contribution < 1.29 is 9.53 Å². The molecule has 7 heteroatoms. The van der Waals surface area contributed by atoms with Crippen LogP contribution in [0.2, 0.25) is 0 Å². The summed E-state index contributed by atoms with van der Waals surface area (Å²) in [5.74, 6) is 0.125. The summed E-state index contributed by atoms with van der Waals surface area (Å²) in [6, 6.07) is 0. The Morgan fingerprint density at radius 3 is 2.80 bits per heavy atom. The number of likely N-dealkylation sites (tertiary alicyclic amines) is 1. The fourth-order valence-corrected chi connectivity index (χ4v) is 2.67. The molecular weight excluding hydrogens is 258 g/mol. The molecule has 0 saturated carbocycles.